The molecular formula is C19H27NO5. The maximum atomic E-state index is 12.0. The fraction of sp³-hybridized carbons (Fsp3) is 0.579. The fourth-order valence-corrected chi connectivity index (χ4v) is 2.99. The Balaban J connectivity index is 2.09. The minimum atomic E-state index is -0.342. The van der Waals surface area contributed by atoms with E-state index in [1.165, 1.54) is 6.92 Å². The second-order valence-electron chi connectivity index (χ2n) is 6.78. The Morgan fingerprint density at radius 3 is 2.44 bits per heavy atom. The van der Waals surface area contributed by atoms with Gasteiger partial charge in [-0.3, -0.25) is 9.59 Å². The third-order valence-electron chi connectivity index (χ3n) is 4.47. The number of esters is 2. The van der Waals surface area contributed by atoms with Crippen LogP contribution < -0.4 is 9.47 Å². The van der Waals surface area contributed by atoms with Crippen molar-refractivity contribution < 1.29 is 23.8 Å². The largest absolute Gasteiger partial charge is 0.489 e. The quantitative estimate of drug-likeness (QED) is 0.580. The first-order valence-corrected chi connectivity index (χ1v) is 8.48. The lowest BCUT2D eigenvalue weighted by Crippen LogP contribution is -2.24. The van der Waals surface area contributed by atoms with Crippen LogP contribution in [-0.2, 0) is 20.7 Å². The third kappa shape index (κ3) is 4.51. The summed E-state index contributed by atoms with van der Waals surface area (Å²) in [6.45, 7) is 8.24. The maximum Gasteiger partial charge on any atom is 0.309 e. The molecule has 0 N–H and O–H groups in total. The topological polar surface area (TPSA) is 65.1 Å². The molecule has 0 aliphatic carbocycles. The first kappa shape index (κ1) is 19.2. The molecule has 0 bridgehead atoms. The van der Waals surface area contributed by atoms with Gasteiger partial charge in [-0.25, -0.2) is 0 Å². The molecule has 25 heavy (non-hydrogen) atoms. The van der Waals surface area contributed by atoms with Gasteiger partial charge in [0.2, 0.25) is 0 Å². The molecule has 1 aliphatic heterocycles. The smallest absolute Gasteiger partial charge is 0.309 e. The van der Waals surface area contributed by atoms with Crippen molar-refractivity contribution in [2.45, 2.75) is 46.6 Å². The van der Waals surface area contributed by atoms with Gasteiger partial charge in [0.15, 0.2) is 0 Å². The molecule has 6 heteroatoms. The Labute approximate surface area is 149 Å². The number of nitrogens with zero attached hydrogens (tertiary/aromatic N) is 1. The molecule has 1 aliphatic rings. The lowest BCUT2D eigenvalue weighted by molar-refractivity contribution is -0.145. The van der Waals surface area contributed by atoms with Crippen molar-refractivity contribution in [3.05, 3.63) is 22.3 Å². The number of benzene rings is 1. The molecule has 1 unspecified atom stereocenters. The highest BCUT2D eigenvalue weighted by atomic mass is 16.5. The van der Waals surface area contributed by atoms with Crippen molar-refractivity contribution in [1.82, 2.24) is 4.90 Å². The predicted molar refractivity (Wildman–Crippen MR) is 94.2 cm³/mol. The van der Waals surface area contributed by atoms with Crippen LogP contribution in [0.5, 0.6) is 11.5 Å². The second kappa shape index (κ2) is 7.87. The zero-order valence-electron chi connectivity index (χ0n) is 15.9. The van der Waals surface area contributed by atoms with Crippen molar-refractivity contribution in [1.29, 1.82) is 0 Å². The van der Waals surface area contributed by atoms with Crippen LogP contribution in [0.3, 0.4) is 0 Å². The molecule has 1 aromatic carbocycles. The van der Waals surface area contributed by atoms with Crippen molar-refractivity contribution in [2.24, 2.45) is 0 Å². The number of likely N-dealkylation sites (N-methyl/N-ethyl adjacent to an activating group) is 1. The zero-order valence-corrected chi connectivity index (χ0v) is 15.9. The number of carbonyl (C=O) groups excluding carboxylic acids is 2. The van der Waals surface area contributed by atoms with Gasteiger partial charge in [0.05, 0.1) is 6.42 Å². The third-order valence-corrected chi connectivity index (χ3v) is 4.47. The molecule has 6 nitrogen and oxygen atoms in total. The van der Waals surface area contributed by atoms with Crippen LogP contribution >= 0.6 is 0 Å². The molecule has 0 radical (unpaired) electrons. The Morgan fingerprint density at radius 2 is 1.84 bits per heavy atom. The zero-order chi connectivity index (χ0) is 18.7. The Hall–Kier alpha value is -2.08. The summed E-state index contributed by atoms with van der Waals surface area (Å²) in [5.74, 6) is 0.802. The SMILES string of the molecule is CC(=O)Oc1c(C)c(C)c2c(c1C)CC(CC(=O)OCCN(C)C)O2. The fourth-order valence-electron chi connectivity index (χ4n) is 2.99. The summed E-state index contributed by atoms with van der Waals surface area (Å²) in [5.41, 5.74) is 3.74. The minimum absolute atomic E-state index is 0.211. The number of hydrogen-bond acceptors (Lipinski definition) is 6. The van der Waals surface area contributed by atoms with Crippen LogP contribution in [0.2, 0.25) is 0 Å². The highest BCUT2D eigenvalue weighted by Gasteiger charge is 2.31. The van der Waals surface area contributed by atoms with E-state index >= 15 is 0 Å². The summed E-state index contributed by atoms with van der Waals surface area (Å²) in [6, 6.07) is 0. The van der Waals surface area contributed by atoms with Crippen LogP contribution in [0.4, 0.5) is 0 Å². The Kier molecular flexibility index (Phi) is 6.06. The number of fused-ring (bicyclic) bond motifs is 1. The van der Waals surface area contributed by atoms with Gasteiger partial charge >= 0.3 is 11.9 Å². The van der Waals surface area contributed by atoms with E-state index < -0.39 is 0 Å². The van der Waals surface area contributed by atoms with E-state index in [1.807, 2.05) is 39.8 Å². The average Bonchev–Trinajstić information content (AvgIpc) is 2.92. The molecule has 2 rings (SSSR count). The number of carbonyl (C=O) groups is 2. The number of hydrogen-bond donors (Lipinski definition) is 0. The molecule has 0 saturated heterocycles. The monoisotopic (exact) mass is 349 g/mol. The maximum absolute atomic E-state index is 12.0. The van der Waals surface area contributed by atoms with Gasteiger partial charge < -0.3 is 19.1 Å². The van der Waals surface area contributed by atoms with Gasteiger partial charge in [-0.15, -0.1) is 0 Å². The van der Waals surface area contributed by atoms with Crippen molar-refractivity contribution in [3.8, 4) is 11.5 Å². The van der Waals surface area contributed by atoms with E-state index in [-0.39, 0.29) is 24.5 Å². The predicted octanol–water partition coefficient (Wildman–Crippen LogP) is 2.34. The molecular weight excluding hydrogens is 322 g/mol. The lowest BCUT2D eigenvalue weighted by Gasteiger charge is -2.16. The lowest BCUT2D eigenvalue weighted by atomic mass is 9.95. The number of ether oxygens (including phenoxy) is 3. The summed E-state index contributed by atoms with van der Waals surface area (Å²) in [5, 5.41) is 0. The van der Waals surface area contributed by atoms with Crippen LogP contribution in [0.1, 0.15) is 35.6 Å². The number of rotatable bonds is 6. The van der Waals surface area contributed by atoms with Crippen LogP contribution in [0, 0.1) is 20.8 Å². The van der Waals surface area contributed by atoms with Crippen molar-refractivity contribution >= 4 is 11.9 Å². The highest BCUT2D eigenvalue weighted by molar-refractivity contribution is 5.73. The molecule has 1 aromatic rings. The molecule has 1 atom stereocenters. The highest BCUT2D eigenvalue weighted by Crippen LogP contribution is 2.43. The molecule has 0 spiro atoms. The molecule has 0 aromatic heterocycles. The summed E-state index contributed by atoms with van der Waals surface area (Å²) in [6.07, 6.45) is 0.577. The Morgan fingerprint density at radius 1 is 1.16 bits per heavy atom. The minimum Gasteiger partial charge on any atom is -0.489 e. The normalized spacial score (nSPS) is 15.7. The summed E-state index contributed by atoms with van der Waals surface area (Å²) < 4.78 is 16.6. The molecule has 138 valence electrons. The van der Waals surface area contributed by atoms with Gasteiger partial charge in [-0.05, 0) is 51.6 Å². The Bertz CT molecular complexity index is 681. The summed E-state index contributed by atoms with van der Waals surface area (Å²) in [7, 11) is 3.86. The van der Waals surface area contributed by atoms with E-state index in [2.05, 4.69) is 0 Å². The molecule has 0 saturated carbocycles. The van der Waals surface area contributed by atoms with Crippen molar-refractivity contribution in [2.75, 3.05) is 27.2 Å². The molecule has 0 amide bonds. The van der Waals surface area contributed by atoms with E-state index in [1.54, 1.807) is 0 Å². The standard InChI is InChI=1S/C19H27NO5/c1-11-12(2)19-16(13(3)18(11)24-14(4)21)9-15(25-19)10-17(22)23-8-7-20(5)6/h15H,7-10H2,1-6H3. The van der Waals surface area contributed by atoms with E-state index in [0.29, 0.717) is 25.3 Å². The van der Waals surface area contributed by atoms with Gasteiger partial charge in [0.25, 0.3) is 0 Å². The summed E-state index contributed by atoms with van der Waals surface area (Å²) in [4.78, 5) is 25.3. The van der Waals surface area contributed by atoms with Gasteiger partial charge in [-0.1, -0.05) is 0 Å². The van der Waals surface area contributed by atoms with E-state index in [4.69, 9.17) is 14.2 Å². The van der Waals surface area contributed by atoms with Gasteiger partial charge in [-0.2, -0.15) is 0 Å². The summed E-state index contributed by atoms with van der Waals surface area (Å²) >= 11 is 0. The molecule has 1 heterocycles. The van der Waals surface area contributed by atoms with Gasteiger partial charge in [0, 0.05) is 25.5 Å². The van der Waals surface area contributed by atoms with Crippen LogP contribution in [0.15, 0.2) is 0 Å². The van der Waals surface area contributed by atoms with E-state index in [9.17, 15) is 9.59 Å². The van der Waals surface area contributed by atoms with Crippen molar-refractivity contribution in [3.63, 3.8) is 0 Å². The second-order valence-corrected chi connectivity index (χ2v) is 6.78. The van der Waals surface area contributed by atoms with Crippen LogP contribution in [0.25, 0.3) is 0 Å². The van der Waals surface area contributed by atoms with Gasteiger partial charge in [0.1, 0.15) is 24.2 Å². The first-order chi connectivity index (χ1) is 11.7. The van der Waals surface area contributed by atoms with Crippen LogP contribution in [-0.4, -0.2) is 50.2 Å². The first-order valence-electron chi connectivity index (χ1n) is 8.48. The average molecular weight is 349 g/mol. The van der Waals surface area contributed by atoms with E-state index in [0.717, 1.165) is 28.0 Å². The molecule has 0 fully saturated rings.